The van der Waals surface area contributed by atoms with Crippen LogP contribution in [0.15, 0.2) is 39.5 Å². The largest absolute Gasteiger partial charge is 0.423 e. The summed E-state index contributed by atoms with van der Waals surface area (Å²) in [7, 11) is 0. The molecule has 96 valence electrons. The van der Waals surface area contributed by atoms with Gasteiger partial charge in [0.2, 0.25) is 0 Å². The van der Waals surface area contributed by atoms with E-state index in [9.17, 15) is 4.79 Å². The Balaban J connectivity index is 2.02. The lowest BCUT2D eigenvalue weighted by molar-refractivity contribution is 0.538. The Morgan fingerprint density at radius 2 is 1.94 bits per heavy atom. The van der Waals surface area contributed by atoms with Crippen LogP contribution >= 0.6 is 0 Å². The van der Waals surface area contributed by atoms with Crippen LogP contribution in [-0.4, -0.2) is 0 Å². The van der Waals surface area contributed by atoms with Gasteiger partial charge in [-0.05, 0) is 42.5 Å². The maximum Gasteiger partial charge on any atom is 0.336 e. The number of hydrogen-bond donors (Lipinski definition) is 0. The van der Waals surface area contributed by atoms with Crippen molar-refractivity contribution in [2.24, 2.45) is 5.92 Å². The Morgan fingerprint density at radius 1 is 1.11 bits per heavy atom. The zero-order valence-electron chi connectivity index (χ0n) is 11.1. The van der Waals surface area contributed by atoms with Gasteiger partial charge in [-0.25, -0.2) is 4.79 Å². The van der Waals surface area contributed by atoms with Gasteiger partial charge < -0.3 is 4.42 Å². The number of benzene rings is 1. The van der Waals surface area contributed by atoms with E-state index in [0.29, 0.717) is 5.58 Å². The van der Waals surface area contributed by atoms with E-state index in [2.05, 4.69) is 26.0 Å². The predicted octanol–water partition coefficient (Wildman–Crippen LogP) is 4.16. The second-order valence-corrected chi connectivity index (χ2v) is 5.27. The number of aryl methyl sites for hydroxylation is 1. The van der Waals surface area contributed by atoms with Crippen LogP contribution in [0.3, 0.4) is 0 Å². The first-order valence-electron chi connectivity index (χ1n) is 6.68. The standard InChI is InChI=1S/C16H20O2/c1-12(2)5-3-4-6-13-7-9-15-14(11-13)8-10-16(17)18-15/h7-12H,3-6H2,1-2H3. The monoisotopic (exact) mass is 244 g/mol. The summed E-state index contributed by atoms with van der Waals surface area (Å²) in [5, 5.41) is 1.01. The van der Waals surface area contributed by atoms with Crippen LogP contribution in [0.2, 0.25) is 0 Å². The molecule has 0 aliphatic heterocycles. The van der Waals surface area contributed by atoms with Crippen LogP contribution in [0.25, 0.3) is 11.0 Å². The molecule has 2 rings (SSSR count). The van der Waals surface area contributed by atoms with E-state index in [-0.39, 0.29) is 5.63 Å². The number of hydrogen-bond acceptors (Lipinski definition) is 2. The minimum absolute atomic E-state index is 0.285. The van der Waals surface area contributed by atoms with Gasteiger partial charge in [-0.1, -0.05) is 32.8 Å². The van der Waals surface area contributed by atoms with Crippen LogP contribution < -0.4 is 5.63 Å². The van der Waals surface area contributed by atoms with Gasteiger partial charge in [-0.3, -0.25) is 0 Å². The molecule has 2 aromatic rings. The molecule has 0 saturated heterocycles. The second-order valence-electron chi connectivity index (χ2n) is 5.27. The molecule has 0 aliphatic rings. The quantitative estimate of drug-likeness (QED) is 0.584. The van der Waals surface area contributed by atoms with Crippen molar-refractivity contribution in [3.63, 3.8) is 0 Å². The zero-order chi connectivity index (χ0) is 13.0. The van der Waals surface area contributed by atoms with Gasteiger partial charge in [0, 0.05) is 11.5 Å². The molecule has 2 nitrogen and oxygen atoms in total. The highest BCUT2D eigenvalue weighted by Gasteiger charge is 2.00. The average Bonchev–Trinajstić information content (AvgIpc) is 2.34. The lowest BCUT2D eigenvalue weighted by atomic mass is 10.0. The molecule has 0 spiro atoms. The van der Waals surface area contributed by atoms with Crippen LogP contribution in [-0.2, 0) is 6.42 Å². The predicted molar refractivity (Wildman–Crippen MR) is 74.9 cm³/mol. The molecule has 1 aromatic carbocycles. The number of rotatable bonds is 5. The van der Waals surface area contributed by atoms with Crippen molar-refractivity contribution in [3.05, 3.63) is 46.3 Å². The minimum Gasteiger partial charge on any atom is -0.423 e. The third kappa shape index (κ3) is 3.46. The molecular weight excluding hydrogens is 224 g/mol. The summed E-state index contributed by atoms with van der Waals surface area (Å²) in [5.74, 6) is 0.788. The van der Waals surface area contributed by atoms with Crippen molar-refractivity contribution in [3.8, 4) is 0 Å². The topological polar surface area (TPSA) is 30.2 Å². The molecular formula is C16H20O2. The Bertz CT molecular complexity index is 567. The van der Waals surface area contributed by atoms with Crippen LogP contribution in [0.5, 0.6) is 0 Å². The summed E-state index contributed by atoms with van der Waals surface area (Å²) in [6, 6.07) is 9.38. The average molecular weight is 244 g/mol. The molecule has 2 heteroatoms. The van der Waals surface area contributed by atoms with Crippen molar-refractivity contribution in [1.29, 1.82) is 0 Å². The minimum atomic E-state index is -0.285. The van der Waals surface area contributed by atoms with Gasteiger partial charge >= 0.3 is 5.63 Å². The number of fused-ring (bicyclic) bond motifs is 1. The van der Waals surface area contributed by atoms with Gasteiger partial charge in [-0.2, -0.15) is 0 Å². The van der Waals surface area contributed by atoms with Crippen LogP contribution in [0, 0.1) is 5.92 Å². The summed E-state index contributed by atoms with van der Waals surface area (Å²) >= 11 is 0. The van der Waals surface area contributed by atoms with Crippen molar-refractivity contribution in [2.75, 3.05) is 0 Å². The highest BCUT2D eigenvalue weighted by atomic mass is 16.4. The molecule has 0 bridgehead atoms. The first-order chi connectivity index (χ1) is 8.65. The summed E-state index contributed by atoms with van der Waals surface area (Å²) in [6.45, 7) is 4.52. The van der Waals surface area contributed by atoms with Gasteiger partial charge in [0.05, 0.1) is 0 Å². The Kier molecular flexibility index (Phi) is 4.19. The van der Waals surface area contributed by atoms with Gasteiger partial charge in [-0.15, -0.1) is 0 Å². The Morgan fingerprint density at radius 3 is 2.72 bits per heavy atom. The normalized spacial score (nSPS) is 11.3. The highest BCUT2D eigenvalue weighted by Crippen LogP contribution is 2.16. The first-order valence-corrected chi connectivity index (χ1v) is 6.68. The van der Waals surface area contributed by atoms with Crippen molar-refractivity contribution >= 4 is 11.0 Å². The molecule has 1 heterocycles. The fourth-order valence-electron chi connectivity index (χ4n) is 2.16. The second kappa shape index (κ2) is 5.85. The highest BCUT2D eigenvalue weighted by molar-refractivity contribution is 5.76. The van der Waals surface area contributed by atoms with Crippen molar-refractivity contribution in [2.45, 2.75) is 39.5 Å². The van der Waals surface area contributed by atoms with Crippen molar-refractivity contribution < 1.29 is 4.42 Å². The lowest BCUT2D eigenvalue weighted by Crippen LogP contribution is -1.95. The van der Waals surface area contributed by atoms with Gasteiger partial charge in [0.15, 0.2) is 0 Å². The molecule has 0 saturated carbocycles. The van der Waals surface area contributed by atoms with Crippen LogP contribution in [0.1, 0.15) is 38.7 Å². The van der Waals surface area contributed by atoms with E-state index < -0.39 is 0 Å². The summed E-state index contributed by atoms with van der Waals surface area (Å²) in [4.78, 5) is 11.1. The number of unbranched alkanes of at least 4 members (excludes halogenated alkanes) is 1. The molecule has 0 N–H and O–H groups in total. The molecule has 1 aromatic heterocycles. The third-order valence-electron chi connectivity index (χ3n) is 3.18. The summed E-state index contributed by atoms with van der Waals surface area (Å²) < 4.78 is 5.12. The van der Waals surface area contributed by atoms with Crippen LogP contribution in [0.4, 0.5) is 0 Å². The molecule has 18 heavy (non-hydrogen) atoms. The van der Waals surface area contributed by atoms with E-state index in [1.54, 1.807) is 0 Å². The summed E-state index contributed by atoms with van der Waals surface area (Å²) in [5.41, 5.74) is 1.71. The zero-order valence-corrected chi connectivity index (χ0v) is 11.1. The van der Waals surface area contributed by atoms with E-state index in [1.807, 2.05) is 12.1 Å². The molecule has 0 radical (unpaired) electrons. The Hall–Kier alpha value is -1.57. The summed E-state index contributed by atoms with van der Waals surface area (Å²) in [6.07, 6.45) is 4.89. The maximum absolute atomic E-state index is 11.1. The Labute approximate surface area is 108 Å². The van der Waals surface area contributed by atoms with Gasteiger partial charge in [0.1, 0.15) is 5.58 Å². The SMILES string of the molecule is CC(C)CCCCc1ccc2oc(=O)ccc2c1. The molecule has 0 fully saturated rings. The molecule has 0 aliphatic carbocycles. The first kappa shape index (κ1) is 12.9. The lowest BCUT2D eigenvalue weighted by Gasteiger charge is -2.05. The fourth-order valence-corrected chi connectivity index (χ4v) is 2.16. The molecule has 0 atom stereocenters. The van der Waals surface area contributed by atoms with Crippen molar-refractivity contribution in [1.82, 2.24) is 0 Å². The van der Waals surface area contributed by atoms with Gasteiger partial charge in [0.25, 0.3) is 0 Å². The van der Waals surface area contributed by atoms with E-state index in [1.165, 1.54) is 30.9 Å². The molecule has 0 unspecified atom stereocenters. The van der Waals surface area contributed by atoms with E-state index in [0.717, 1.165) is 17.7 Å². The van der Waals surface area contributed by atoms with E-state index >= 15 is 0 Å². The fraction of sp³-hybridized carbons (Fsp3) is 0.438. The third-order valence-corrected chi connectivity index (χ3v) is 3.18. The smallest absolute Gasteiger partial charge is 0.336 e. The molecule has 0 amide bonds. The van der Waals surface area contributed by atoms with E-state index in [4.69, 9.17) is 4.42 Å². The maximum atomic E-state index is 11.1.